The van der Waals surface area contributed by atoms with Crippen molar-refractivity contribution in [1.29, 1.82) is 0 Å². The summed E-state index contributed by atoms with van der Waals surface area (Å²) in [6.07, 6.45) is 1.05. The van der Waals surface area contributed by atoms with E-state index in [9.17, 15) is 0 Å². The molecule has 0 aromatic carbocycles. The minimum atomic E-state index is 0.0919. The molecule has 0 atom stereocenters. The van der Waals surface area contributed by atoms with E-state index in [-0.39, 0.29) is 4.75 Å². The van der Waals surface area contributed by atoms with E-state index in [1.165, 1.54) is 0 Å². The molecule has 0 aliphatic heterocycles. The second-order valence-corrected chi connectivity index (χ2v) is 4.34. The van der Waals surface area contributed by atoms with Gasteiger partial charge in [-0.05, 0) is 33.4 Å². The maximum atomic E-state index is 5.32. The molecule has 0 aliphatic rings. The highest BCUT2D eigenvalue weighted by molar-refractivity contribution is 7.81. The molecule has 0 saturated heterocycles. The van der Waals surface area contributed by atoms with Crippen molar-refractivity contribution in [2.75, 3.05) is 19.6 Å². The average molecular weight is 162 g/mol. The third-order valence-electron chi connectivity index (χ3n) is 1.12. The molecule has 3 heteroatoms. The van der Waals surface area contributed by atoms with Gasteiger partial charge in [0, 0.05) is 11.3 Å². The molecule has 0 rings (SSSR count). The smallest absolute Gasteiger partial charge is 0.0198 e. The molecule has 0 radical (unpaired) electrons. The second-order valence-electron chi connectivity index (χ2n) is 3.13. The summed E-state index contributed by atoms with van der Waals surface area (Å²) in [6, 6.07) is 0. The number of hydrogen-bond acceptors (Lipinski definition) is 3. The van der Waals surface area contributed by atoms with Crippen LogP contribution in [0.15, 0.2) is 0 Å². The van der Waals surface area contributed by atoms with Gasteiger partial charge in [0.25, 0.3) is 0 Å². The van der Waals surface area contributed by atoms with Crippen LogP contribution in [0.2, 0.25) is 0 Å². The molecule has 0 spiro atoms. The van der Waals surface area contributed by atoms with E-state index in [0.29, 0.717) is 0 Å². The lowest BCUT2D eigenvalue weighted by Crippen LogP contribution is -2.31. The average Bonchev–Trinajstić information content (AvgIpc) is 1.78. The van der Waals surface area contributed by atoms with Gasteiger partial charge in [0.05, 0.1) is 0 Å². The van der Waals surface area contributed by atoms with Crippen LogP contribution in [0.1, 0.15) is 20.3 Å². The largest absolute Gasteiger partial charge is 0.330 e. The summed E-state index contributed by atoms with van der Waals surface area (Å²) < 4.78 is 0.0919. The van der Waals surface area contributed by atoms with Crippen LogP contribution < -0.4 is 11.1 Å². The van der Waals surface area contributed by atoms with Gasteiger partial charge < -0.3 is 11.1 Å². The lowest BCUT2D eigenvalue weighted by Gasteiger charge is -2.17. The van der Waals surface area contributed by atoms with Crippen LogP contribution in [0.5, 0.6) is 0 Å². The molecule has 10 heavy (non-hydrogen) atoms. The number of thiol groups is 1. The third kappa shape index (κ3) is 8.27. The van der Waals surface area contributed by atoms with E-state index < -0.39 is 0 Å². The van der Waals surface area contributed by atoms with Crippen LogP contribution in [0.25, 0.3) is 0 Å². The lowest BCUT2D eigenvalue weighted by molar-refractivity contribution is 0.581. The van der Waals surface area contributed by atoms with Crippen LogP contribution in [0.3, 0.4) is 0 Å². The topological polar surface area (TPSA) is 38.0 Å². The Bertz CT molecular complexity index is 78.2. The third-order valence-corrected chi connectivity index (χ3v) is 1.27. The van der Waals surface area contributed by atoms with Gasteiger partial charge in [-0.15, -0.1) is 0 Å². The molecule has 0 saturated carbocycles. The first kappa shape index (κ1) is 10.3. The van der Waals surface area contributed by atoms with Crippen molar-refractivity contribution < 1.29 is 0 Å². The Kier molecular flexibility index (Phi) is 5.13. The van der Waals surface area contributed by atoms with E-state index >= 15 is 0 Å². The summed E-state index contributed by atoms with van der Waals surface area (Å²) in [4.78, 5) is 0. The highest BCUT2D eigenvalue weighted by atomic mass is 32.1. The fraction of sp³-hybridized carbons (Fsp3) is 1.00. The quantitative estimate of drug-likeness (QED) is 0.410. The molecular weight excluding hydrogens is 144 g/mol. The summed E-state index contributed by atoms with van der Waals surface area (Å²) in [5.74, 6) is 0. The molecular formula is C7H18N2S. The van der Waals surface area contributed by atoms with Crippen molar-refractivity contribution >= 4 is 12.6 Å². The van der Waals surface area contributed by atoms with Crippen molar-refractivity contribution in [2.45, 2.75) is 25.0 Å². The predicted octanol–water partition coefficient (Wildman–Crippen LogP) is 0.633. The normalized spacial score (nSPS) is 12.0. The Morgan fingerprint density at radius 3 is 2.50 bits per heavy atom. The predicted molar refractivity (Wildman–Crippen MR) is 49.6 cm³/mol. The van der Waals surface area contributed by atoms with Crippen molar-refractivity contribution in [1.82, 2.24) is 5.32 Å². The summed E-state index contributed by atoms with van der Waals surface area (Å²) in [6.45, 7) is 6.88. The van der Waals surface area contributed by atoms with Crippen LogP contribution in [-0.4, -0.2) is 24.4 Å². The Morgan fingerprint density at radius 1 is 1.50 bits per heavy atom. The van der Waals surface area contributed by atoms with E-state index in [1.807, 2.05) is 0 Å². The molecule has 0 amide bonds. The van der Waals surface area contributed by atoms with Crippen LogP contribution in [-0.2, 0) is 0 Å². The van der Waals surface area contributed by atoms with Crippen molar-refractivity contribution in [3.05, 3.63) is 0 Å². The Hall–Kier alpha value is 0.270. The highest BCUT2D eigenvalue weighted by Gasteiger charge is 2.08. The van der Waals surface area contributed by atoms with Crippen molar-refractivity contribution in [2.24, 2.45) is 5.73 Å². The standard InChI is InChI=1S/C7H18N2S/c1-7(2,10)6-9-5-3-4-8/h9-10H,3-6,8H2,1-2H3. The van der Waals surface area contributed by atoms with Crippen LogP contribution >= 0.6 is 12.6 Å². The van der Waals surface area contributed by atoms with Gasteiger partial charge in [-0.3, -0.25) is 0 Å². The number of nitrogens with two attached hydrogens (primary N) is 1. The summed E-state index contributed by atoms with van der Waals surface area (Å²) in [7, 11) is 0. The molecule has 0 aliphatic carbocycles. The van der Waals surface area contributed by atoms with Gasteiger partial charge in [0.15, 0.2) is 0 Å². The molecule has 3 N–H and O–H groups in total. The molecule has 0 bridgehead atoms. The van der Waals surface area contributed by atoms with E-state index in [4.69, 9.17) is 5.73 Å². The van der Waals surface area contributed by atoms with Crippen LogP contribution in [0.4, 0.5) is 0 Å². The Labute approximate surface area is 69.0 Å². The summed E-state index contributed by atoms with van der Waals surface area (Å²) in [5, 5.41) is 3.27. The molecule has 0 fully saturated rings. The van der Waals surface area contributed by atoms with Gasteiger partial charge in [0.2, 0.25) is 0 Å². The van der Waals surface area contributed by atoms with Crippen molar-refractivity contribution in [3.8, 4) is 0 Å². The SMILES string of the molecule is CC(C)(S)CNCCCN. The first-order valence-electron chi connectivity index (χ1n) is 3.69. The fourth-order valence-electron chi connectivity index (χ4n) is 0.621. The first-order chi connectivity index (χ1) is 4.56. The Morgan fingerprint density at radius 2 is 2.10 bits per heavy atom. The highest BCUT2D eigenvalue weighted by Crippen LogP contribution is 2.08. The fourth-order valence-corrected chi connectivity index (χ4v) is 0.733. The van der Waals surface area contributed by atoms with Crippen LogP contribution in [0, 0.1) is 0 Å². The summed E-state index contributed by atoms with van der Waals surface area (Å²) in [5.41, 5.74) is 5.32. The zero-order valence-electron chi connectivity index (χ0n) is 6.85. The molecule has 2 nitrogen and oxygen atoms in total. The Balaban J connectivity index is 3.04. The number of hydrogen-bond donors (Lipinski definition) is 3. The monoisotopic (exact) mass is 162 g/mol. The molecule has 0 unspecified atom stereocenters. The van der Waals surface area contributed by atoms with Gasteiger partial charge in [-0.2, -0.15) is 12.6 Å². The molecule has 0 aromatic rings. The molecule has 0 aromatic heterocycles. The summed E-state index contributed by atoms with van der Waals surface area (Å²) >= 11 is 4.36. The van der Waals surface area contributed by atoms with Gasteiger partial charge >= 0.3 is 0 Å². The maximum absolute atomic E-state index is 5.32. The van der Waals surface area contributed by atoms with Gasteiger partial charge in [0.1, 0.15) is 0 Å². The number of nitrogens with one attached hydrogen (secondary N) is 1. The van der Waals surface area contributed by atoms with E-state index in [1.54, 1.807) is 0 Å². The first-order valence-corrected chi connectivity index (χ1v) is 4.14. The van der Waals surface area contributed by atoms with Gasteiger partial charge in [-0.1, -0.05) is 0 Å². The zero-order valence-corrected chi connectivity index (χ0v) is 7.75. The lowest BCUT2D eigenvalue weighted by atomic mass is 10.2. The molecule has 62 valence electrons. The maximum Gasteiger partial charge on any atom is 0.0198 e. The van der Waals surface area contributed by atoms with Crippen molar-refractivity contribution in [3.63, 3.8) is 0 Å². The van der Waals surface area contributed by atoms with Gasteiger partial charge in [-0.25, -0.2) is 0 Å². The minimum Gasteiger partial charge on any atom is -0.330 e. The zero-order chi connectivity index (χ0) is 8.04. The molecule has 0 heterocycles. The van der Waals surface area contributed by atoms with E-state index in [0.717, 1.165) is 26.1 Å². The number of rotatable bonds is 5. The minimum absolute atomic E-state index is 0.0919. The van der Waals surface area contributed by atoms with E-state index in [2.05, 4.69) is 31.8 Å². The second kappa shape index (κ2) is 4.99.